The van der Waals surface area contributed by atoms with E-state index in [1.165, 1.54) is 16.8 Å². The predicted octanol–water partition coefficient (Wildman–Crippen LogP) is 1.72. The Hall–Kier alpha value is -1.22. The third-order valence-electron chi connectivity index (χ3n) is 3.15. The molecule has 15 heavy (non-hydrogen) atoms. The summed E-state index contributed by atoms with van der Waals surface area (Å²) >= 11 is 0. The molecule has 0 bridgehead atoms. The van der Waals surface area contributed by atoms with E-state index in [4.69, 9.17) is 10.5 Å². The first kappa shape index (κ1) is 10.3. The van der Waals surface area contributed by atoms with Gasteiger partial charge in [-0.1, -0.05) is 0 Å². The molecule has 3 heteroatoms. The molecule has 1 heterocycles. The fourth-order valence-corrected chi connectivity index (χ4v) is 1.97. The number of nitrogen functional groups attached to an aromatic ring is 1. The Morgan fingerprint density at radius 2 is 1.80 bits per heavy atom. The van der Waals surface area contributed by atoms with Crippen molar-refractivity contribution in [2.75, 3.05) is 36.9 Å². The standard InChI is InChI=1S/C12H18N2O/c1-9-10(2)12(4-3-11(9)13)14-5-7-15-8-6-14/h3-4H,5-8,13H2,1-2H3. The van der Waals surface area contributed by atoms with E-state index in [1.807, 2.05) is 6.07 Å². The summed E-state index contributed by atoms with van der Waals surface area (Å²) in [5, 5.41) is 0. The summed E-state index contributed by atoms with van der Waals surface area (Å²) in [6.07, 6.45) is 0. The van der Waals surface area contributed by atoms with Gasteiger partial charge in [0.25, 0.3) is 0 Å². The van der Waals surface area contributed by atoms with Gasteiger partial charge in [-0.05, 0) is 37.1 Å². The minimum atomic E-state index is 0.822. The summed E-state index contributed by atoms with van der Waals surface area (Å²) in [5.41, 5.74) is 10.5. The van der Waals surface area contributed by atoms with Crippen LogP contribution in [-0.2, 0) is 4.74 Å². The highest BCUT2D eigenvalue weighted by Crippen LogP contribution is 2.27. The van der Waals surface area contributed by atoms with Gasteiger partial charge in [-0.2, -0.15) is 0 Å². The topological polar surface area (TPSA) is 38.5 Å². The lowest BCUT2D eigenvalue weighted by atomic mass is 10.0. The van der Waals surface area contributed by atoms with Crippen LogP contribution < -0.4 is 10.6 Å². The molecule has 0 atom stereocenters. The SMILES string of the molecule is Cc1c(N)ccc(N2CCOCC2)c1C. The molecule has 0 aliphatic carbocycles. The molecule has 1 aromatic rings. The zero-order valence-corrected chi connectivity index (χ0v) is 9.42. The zero-order valence-electron chi connectivity index (χ0n) is 9.42. The first-order valence-corrected chi connectivity index (χ1v) is 5.38. The molecule has 3 nitrogen and oxygen atoms in total. The molecule has 0 aromatic heterocycles. The highest BCUT2D eigenvalue weighted by molar-refractivity contribution is 5.64. The molecular formula is C12H18N2O. The average Bonchev–Trinajstić information content (AvgIpc) is 2.27. The van der Waals surface area contributed by atoms with Crippen molar-refractivity contribution in [2.45, 2.75) is 13.8 Å². The van der Waals surface area contributed by atoms with Crippen LogP contribution >= 0.6 is 0 Å². The van der Waals surface area contributed by atoms with Crippen molar-refractivity contribution in [3.05, 3.63) is 23.3 Å². The number of hydrogen-bond donors (Lipinski definition) is 1. The summed E-state index contributed by atoms with van der Waals surface area (Å²) in [5.74, 6) is 0. The van der Waals surface area contributed by atoms with Gasteiger partial charge in [0.2, 0.25) is 0 Å². The van der Waals surface area contributed by atoms with Crippen molar-refractivity contribution in [3.63, 3.8) is 0 Å². The van der Waals surface area contributed by atoms with Crippen molar-refractivity contribution in [3.8, 4) is 0 Å². The van der Waals surface area contributed by atoms with Crippen molar-refractivity contribution in [1.82, 2.24) is 0 Å². The minimum absolute atomic E-state index is 0.822. The van der Waals surface area contributed by atoms with Gasteiger partial charge in [0, 0.05) is 24.5 Å². The maximum absolute atomic E-state index is 5.88. The van der Waals surface area contributed by atoms with E-state index in [1.54, 1.807) is 0 Å². The number of anilines is 2. The van der Waals surface area contributed by atoms with Crippen molar-refractivity contribution < 1.29 is 4.74 Å². The molecule has 1 aromatic carbocycles. The number of nitrogens with two attached hydrogens (primary N) is 1. The summed E-state index contributed by atoms with van der Waals surface area (Å²) in [6.45, 7) is 7.81. The van der Waals surface area contributed by atoms with Crippen LogP contribution in [0.3, 0.4) is 0 Å². The normalized spacial score (nSPS) is 16.8. The lowest BCUT2D eigenvalue weighted by Crippen LogP contribution is -2.36. The Kier molecular flexibility index (Phi) is 2.82. The van der Waals surface area contributed by atoms with E-state index in [0.717, 1.165) is 32.0 Å². The van der Waals surface area contributed by atoms with Gasteiger partial charge in [-0.15, -0.1) is 0 Å². The summed E-state index contributed by atoms with van der Waals surface area (Å²) in [4.78, 5) is 2.37. The van der Waals surface area contributed by atoms with Crippen LogP contribution in [0.15, 0.2) is 12.1 Å². The molecule has 0 saturated carbocycles. The molecule has 2 rings (SSSR count). The molecule has 1 aliphatic heterocycles. The number of morpholine rings is 1. The fourth-order valence-electron chi connectivity index (χ4n) is 1.97. The van der Waals surface area contributed by atoms with E-state index in [9.17, 15) is 0 Å². The second kappa shape index (κ2) is 4.11. The summed E-state index contributed by atoms with van der Waals surface area (Å²) in [6, 6.07) is 4.11. The number of hydrogen-bond acceptors (Lipinski definition) is 3. The predicted molar refractivity (Wildman–Crippen MR) is 63.4 cm³/mol. The highest BCUT2D eigenvalue weighted by Gasteiger charge is 2.14. The van der Waals surface area contributed by atoms with Gasteiger partial charge in [0.1, 0.15) is 0 Å². The Morgan fingerprint density at radius 3 is 2.47 bits per heavy atom. The van der Waals surface area contributed by atoms with E-state index in [-0.39, 0.29) is 0 Å². The van der Waals surface area contributed by atoms with Crippen LogP contribution in [0, 0.1) is 13.8 Å². The number of ether oxygens (including phenoxy) is 1. The third kappa shape index (κ3) is 1.92. The van der Waals surface area contributed by atoms with Crippen LogP contribution in [-0.4, -0.2) is 26.3 Å². The first-order chi connectivity index (χ1) is 7.20. The van der Waals surface area contributed by atoms with E-state index in [0.29, 0.717) is 0 Å². The van der Waals surface area contributed by atoms with Gasteiger partial charge in [0.15, 0.2) is 0 Å². The second-order valence-corrected chi connectivity index (χ2v) is 4.02. The molecule has 2 N–H and O–H groups in total. The monoisotopic (exact) mass is 206 g/mol. The maximum atomic E-state index is 5.88. The largest absolute Gasteiger partial charge is 0.399 e. The lowest BCUT2D eigenvalue weighted by Gasteiger charge is -2.30. The molecule has 0 spiro atoms. The number of benzene rings is 1. The van der Waals surface area contributed by atoms with Crippen LogP contribution in [0.5, 0.6) is 0 Å². The minimum Gasteiger partial charge on any atom is -0.399 e. The molecule has 1 aliphatic rings. The van der Waals surface area contributed by atoms with Gasteiger partial charge in [-0.3, -0.25) is 0 Å². The van der Waals surface area contributed by atoms with Crippen LogP contribution in [0.1, 0.15) is 11.1 Å². The Morgan fingerprint density at radius 1 is 1.13 bits per heavy atom. The maximum Gasteiger partial charge on any atom is 0.0642 e. The molecule has 82 valence electrons. The Bertz CT molecular complexity index is 357. The zero-order chi connectivity index (χ0) is 10.8. The number of nitrogens with zero attached hydrogens (tertiary/aromatic N) is 1. The van der Waals surface area contributed by atoms with Gasteiger partial charge in [-0.25, -0.2) is 0 Å². The van der Waals surface area contributed by atoms with E-state index in [2.05, 4.69) is 24.8 Å². The lowest BCUT2D eigenvalue weighted by molar-refractivity contribution is 0.122. The van der Waals surface area contributed by atoms with Crippen molar-refractivity contribution in [2.24, 2.45) is 0 Å². The second-order valence-electron chi connectivity index (χ2n) is 4.02. The van der Waals surface area contributed by atoms with Crippen LogP contribution in [0.4, 0.5) is 11.4 Å². The smallest absolute Gasteiger partial charge is 0.0642 e. The van der Waals surface area contributed by atoms with Gasteiger partial charge >= 0.3 is 0 Å². The first-order valence-electron chi connectivity index (χ1n) is 5.38. The molecule has 0 radical (unpaired) electrons. The quantitative estimate of drug-likeness (QED) is 0.711. The summed E-state index contributed by atoms with van der Waals surface area (Å²) < 4.78 is 5.35. The highest BCUT2D eigenvalue weighted by atomic mass is 16.5. The Labute approximate surface area is 90.8 Å². The van der Waals surface area contributed by atoms with Crippen molar-refractivity contribution >= 4 is 11.4 Å². The van der Waals surface area contributed by atoms with E-state index < -0.39 is 0 Å². The van der Waals surface area contributed by atoms with Crippen LogP contribution in [0.25, 0.3) is 0 Å². The number of rotatable bonds is 1. The molecular weight excluding hydrogens is 188 g/mol. The average molecular weight is 206 g/mol. The molecule has 0 amide bonds. The fraction of sp³-hybridized carbons (Fsp3) is 0.500. The summed E-state index contributed by atoms with van der Waals surface area (Å²) in [7, 11) is 0. The Balaban J connectivity index is 2.31. The molecule has 1 fully saturated rings. The van der Waals surface area contributed by atoms with Gasteiger partial charge in [0.05, 0.1) is 13.2 Å². The van der Waals surface area contributed by atoms with Crippen molar-refractivity contribution in [1.29, 1.82) is 0 Å². The van der Waals surface area contributed by atoms with Crippen LogP contribution in [0.2, 0.25) is 0 Å². The van der Waals surface area contributed by atoms with E-state index >= 15 is 0 Å². The molecule has 0 unspecified atom stereocenters. The third-order valence-corrected chi connectivity index (χ3v) is 3.15. The van der Waals surface area contributed by atoms with Gasteiger partial charge < -0.3 is 15.4 Å². The molecule has 1 saturated heterocycles.